The maximum atomic E-state index is 12.5. The molecule has 4 heterocycles. The Kier molecular flexibility index (Phi) is 3.73. The van der Waals surface area contributed by atoms with Gasteiger partial charge in [0.25, 0.3) is 5.91 Å². The molecule has 4 rings (SSSR count). The number of nitrogens with one attached hydrogen (secondary N) is 3. The predicted octanol–water partition coefficient (Wildman–Crippen LogP) is 1.45. The van der Waals surface area contributed by atoms with E-state index in [-0.39, 0.29) is 18.2 Å². The summed E-state index contributed by atoms with van der Waals surface area (Å²) in [5.74, 6) is 0.861. The fraction of sp³-hybridized carbons (Fsp3) is 0.375. The number of pyridine rings is 1. The van der Waals surface area contributed by atoms with Crippen LogP contribution in [0.2, 0.25) is 0 Å². The molecule has 2 aliphatic rings. The van der Waals surface area contributed by atoms with Gasteiger partial charge in [0.2, 0.25) is 5.91 Å². The average molecular weight is 327 g/mol. The van der Waals surface area contributed by atoms with Crippen LogP contribution in [0.1, 0.15) is 40.4 Å². The third-order valence-corrected chi connectivity index (χ3v) is 4.40. The molecule has 2 amide bonds. The molecule has 2 aliphatic heterocycles. The lowest BCUT2D eigenvalue weighted by Gasteiger charge is -2.20. The molecule has 8 nitrogen and oxygen atoms in total. The zero-order valence-electron chi connectivity index (χ0n) is 13.0. The van der Waals surface area contributed by atoms with Crippen molar-refractivity contribution in [2.75, 3.05) is 23.8 Å². The van der Waals surface area contributed by atoms with Crippen molar-refractivity contribution in [2.24, 2.45) is 0 Å². The summed E-state index contributed by atoms with van der Waals surface area (Å²) in [6, 6.07) is 3.47. The number of aromatic amines is 1. The highest BCUT2D eigenvalue weighted by atomic mass is 16.5. The van der Waals surface area contributed by atoms with Crippen LogP contribution in [0.4, 0.5) is 11.6 Å². The summed E-state index contributed by atoms with van der Waals surface area (Å²) in [4.78, 5) is 28.1. The number of hydrogen-bond acceptors (Lipinski definition) is 5. The number of H-pyrrole nitrogens is 1. The van der Waals surface area contributed by atoms with Crippen LogP contribution < -0.4 is 10.6 Å². The van der Waals surface area contributed by atoms with Crippen LogP contribution in [0, 0.1) is 0 Å². The minimum atomic E-state index is -0.296. The number of ether oxygens (including phenoxy) is 1. The fourth-order valence-electron chi connectivity index (χ4n) is 3.13. The van der Waals surface area contributed by atoms with E-state index in [0.29, 0.717) is 28.7 Å². The standard InChI is InChI=1S/C16H17N5O3/c22-14-7-11-10(1-4-17-15(11)19-14)16(23)18-13-8-12(20-21-13)9-2-5-24-6-3-9/h1,4,8-9H,2-3,5-7H2,(H,17,19,22)(H2,18,20,21,23). The molecule has 1 fully saturated rings. The van der Waals surface area contributed by atoms with Crippen molar-refractivity contribution < 1.29 is 14.3 Å². The lowest BCUT2D eigenvalue weighted by atomic mass is 9.97. The number of aromatic nitrogens is 3. The van der Waals surface area contributed by atoms with Gasteiger partial charge in [0.15, 0.2) is 5.82 Å². The number of carbonyl (C=O) groups excluding carboxylic acids is 2. The van der Waals surface area contributed by atoms with Crippen molar-refractivity contribution in [3.05, 3.63) is 35.2 Å². The first-order valence-electron chi connectivity index (χ1n) is 7.93. The Bertz CT molecular complexity index is 795. The van der Waals surface area contributed by atoms with Crippen LogP contribution in [0.5, 0.6) is 0 Å². The Hall–Kier alpha value is -2.74. The lowest BCUT2D eigenvalue weighted by Crippen LogP contribution is -2.15. The van der Waals surface area contributed by atoms with Crippen molar-refractivity contribution in [1.82, 2.24) is 15.2 Å². The maximum absolute atomic E-state index is 12.5. The van der Waals surface area contributed by atoms with Crippen LogP contribution in [-0.4, -0.2) is 40.2 Å². The zero-order valence-corrected chi connectivity index (χ0v) is 13.0. The van der Waals surface area contributed by atoms with E-state index in [4.69, 9.17) is 4.74 Å². The van der Waals surface area contributed by atoms with Gasteiger partial charge in [-0.15, -0.1) is 0 Å². The Morgan fingerprint density at radius 1 is 1.33 bits per heavy atom. The average Bonchev–Trinajstić information content (AvgIpc) is 3.20. The molecule has 3 N–H and O–H groups in total. The molecule has 0 aromatic carbocycles. The number of hydrogen-bond donors (Lipinski definition) is 3. The SMILES string of the molecule is O=C1Cc2c(C(=O)Nc3cc(C4CCOCC4)[nH]n3)ccnc2N1. The maximum Gasteiger partial charge on any atom is 0.257 e. The largest absolute Gasteiger partial charge is 0.381 e. The second-order valence-corrected chi connectivity index (χ2v) is 5.96. The third kappa shape index (κ3) is 2.76. The number of carbonyl (C=O) groups is 2. The highest BCUT2D eigenvalue weighted by Crippen LogP contribution is 2.27. The second-order valence-electron chi connectivity index (χ2n) is 5.96. The number of anilines is 2. The van der Waals surface area contributed by atoms with Crippen LogP contribution in [0.3, 0.4) is 0 Å². The van der Waals surface area contributed by atoms with Gasteiger partial charge in [0.1, 0.15) is 5.82 Å². The van der Waals surface area contributed by atoms with Gasteiger partial charge in [-0.25, -0.2) is 4.98 Å². The molecule has 2 aromatic heterocycles. The van der Waals surface area contributed by atoms with E-state index in [1.807, 2.05) is 6.07 Å². The van der Waals surface area contributed by atoms with E-state index in [1.54, 1.807) is 6.07 Å². The van der Waals surface area contributed by atoms with Crippen molar-refractivity contribution in [3.8, 4) is 0 Å². The van der Waals surface area contributed by atoms with Crippen LogP contribution in [0.25, 0.3) is 0 Å². The second kappa shape index (κ2) is 6.04. The van der Waals surface area contributed by atoms with Gasteiger partial charge in [-0.3, -0.25) is 14.7 Å². The molecule has 8 heteroatoms. The molecule has 0 saturated carbocycles. The number of amides is 2. The van der Waals surface area contributed by atoms with Gasteiger partial charge in [-0.05, 0) is 18.9 Å². The van der Waals surface area contributed by atoms with Gasteiger partial charge in [-0.2, -0.15) is 5.10 Å². The van der Waals surface area contributed by atoms with E-state index >= 15 is 0 Å². The molecular weight excluding hydrogens is 310 g/mol. The van der Waals surface area contributed by atoms with Crippen molar-refractivity contribution >= 4 is 23.5 Å². The van der Waals surface area contributed by atoms with Crippen molar-refractivity contribution in [2.45, 2.75) is 25.2 Å². The molecule has 0 bridgehead atoms. The summed E-state index contributed by atoms with van der Waals surface area (Å²) >= 11 is 0. The summed E-state index contributed by atoms with van der Waals surface area (Å²) < 4.78 is 5.36. The van der Waals surface area contributed by atoms with E-state index < -0.39 is 0 Å². The third-order valence-electron chi connectivity index (χ3n) is 4.40. The molecule has 0 atom stereocenters. The van der Waals surface area contributed by atoms with E-state index in [1.165, 1.54) is 6.20 Å². The fourth-order valence-corrected chi connectivity index (χ4v) is 3.13. The highest BCUT2D eigenvalue weighted by molar-refractivity contribution is 6.09. The highest BCUT2D eigenvalue weighted by Gasteiger charge is 2.25. The first kappa shape index (κ1) is 14.8. The lowest BCUT2D eigenvalue weighted by molar-refractivity contribution is -0.115. The molecular formula is C16H17N5O3. The molecule has 1 saturated heterocycles. The van der Waals surface area contributed by atoms with E-state index in [9.17, 15) is 9.59 Å². The summed E-state index contributed by atoms with van der Waals surface area (Å²) in [6.45, 7) is 1.49. The zero-order chi connectivity index (χ0) is 16.5. The first-order valence-corrected chi connectivity index (χ1v) is 7.93. The molecule has 24 heavy (non-hydrogen) atoms. The van der Waals surface area contributed by atoms with Crippen molar-refractivity contribution in [1.29, 1.82) is 0 Å². The molecule has 0 spiro atoms. The van der Waals surface area contributed by atoms with Crippen LogP contribution >= 0.6 is 0 Å². The smallest absolute Gasteiger partial charge is 0.257 e. The topological polar surface area (TPSA) is 109 Å². The van der Waals surface area contributed by atoms with Gasteiger partial charge in [0.05, 0.1) is 6.42 Å². The van der Waals surface area contributed by atoms with E-state index in [0.717, 1.165) is 31.7 Å². The Morgan fingerprint density at radius 2 is 2.17 bits per heavy atom. The minimum Gasteiger partial charge on any atom is -0.381 e. The van der Waals surface area contributed by atoms with Gasteiger partial charge in [-0.1, -0.05) is 0 Å². The first-order chi connectivity index (χ1) is 11.7. The van der Waals surface area contributed by atoms with E-state index in [2.05, 4.69) is 25.8 Å². The quantitative estimate of drug-likeness (QED) is 0.790. The molecule has 0 unspecified atom stereocenters. The molecule has 124 valence electrons. The summed E-state index contributed by atoms with van der Waals surface area (Å²) in [5, 5.41) is 12.6. The molecule has 0 radical (unpaired) electrons. The Morgan fingerprint density at radius 3 is 3.00 bits per heavy atom. The number of nitrogens with zero attached hydrogens (tertiary/aromatic N) is 2. The number of rotatable bonds is 3. The molecule has 0 aliphatic carbocycles. The summed E-state index contributed by atoms with van der Waals surface area (Å²) in [6.07, 6.45) is 3.57. The van der Waals surface area contributed by atoms with Gasteiger partial charge >= 0.3 is 0 Å². The van der Waals surface area contributed by atoms with Crippen molar-refractivity contribution in [3.63, 3.8) is 0 Å². The van der Waals surface area contributed by atoms with Crippen LogP contribution in [0.15, 0.2) is 18.3 Å². The van der Waals surface area contributed by atoms with Gasteiger partial charge in [0, 0.05) is 48.2 Å². The Labute approximate surface area is 138 Å². The number of fused-ring (bicyclic) bond motifs is 1. The predicted molar refractivity (Wildman–Crippen MR) is 85.9 cm³/mol. The summed E-state index contributed by atoms with van der Waals surface area (Å²) in [7, 11) is 0. The monoisotopic (exact) mass is 327 g/mol. The minimum absolute atomic E-state index is 0.153. The normalized spacial score (nSPS) is 17.4. The van der Waals surface area contributed by atoms with Crippen LogP contribution in [-0.2, 0) is 16.0 Å². The molecule has 2 aromatic rings. The summed E-state index contributed by atoms with van der Waals surface area (Å²) in [5.41, 5.74) is 2.07. The Balaban J connectivity index is 1.50. The van der Waals surface area contributed by atoms with Gasteiger partial charge < -0.3 is 15.4 Å².